The third-order valence-electron chi connectivity index (χ3n) is 3.02. The fraction of sp³-hybridized carbons (Fsp3) is 0.357. The molecule has 0 unspecified atom stereocenters. The molecule has 1 aromatic carbocycles. The molecule has 0 aliphatic carbocycles. The quantitative estimate of drug-likeness (QED) is 0.812. The van der Waals surface area contributed by atoms with Gasteiger partial charge in [0, 0.05) is 31.2 Å². The standard InChI is InChI=1S/C14H19N3O/c1-2-16-10-11-3-4-12-5-7-17(13(12)9-11)8-6-14(15)18/h3-5,7,9,16H,2,6,8,10H2,1H3,(H2,15,18). The second-order valence-electron chi connectivity index (χ2n) is 4.40. The van der Waals surface area contributed by atoms with Crippen molar-refractivity contribution in [3.63, 3.8) is 0 Å². The molecule has 0 saturated heterocycles. The number of nitrogens with two attached hydrogens (primary N) is 1. The second kappa shape index (κ2) is 5.69. The summed E-state index contributed by atoms with van der Waals surface area (Å²) in [5, 5.41) is 4.50. The van der Waals surface area contributed by atoms with E-state index >= 15 is 0 Å². The minimum absolute atomic E-state index is 0.263. The van der Waals surface area contributed by atoms with Gasteiger partial charge in [-0.2, -0.15) is 0 Å². The number of rotatable bonds is 6. The Morgan fingerprint density at radius 2 is 2.22 bits per heavy atom. The van der Waals surface area contributed by atoms with Crippen molar-refractivity contribution < 1.29 is 4.79 Å². The lowest BCUT2D eigenvalue weighted by atomic mass is 10.1. The molecule has 96 valence electrons. The average Bonchev–Trinajstić information content (AvgIpc) is 2.76. The van der Waals surface area contributed by atoms with Crippen LogP contribution >= 0.6 is 0 Å². The van der Waals surface area contributed by atoms with Crippen LogP contribution in [-0.2, 0) is 17.9 Å². The highest BCUT2D eigenvalue weighted by atomic mass is 16.1. The van der Waals surface area contributed by atoms with Crippen molar-refractivity contribution >= 4 is 16.8 Å². The van der Waals surface area contributed by atoms with E-state index in [1.807, 2.05) is 6.20 Å². The van der Waals surface area contributed by atoms with E-state index in [0.29, 0.717) is 13.0 Å². The zero-order valence-corrected chi connectivity index (χ0v) is 10.6. The van der Waals surface area contributed by atoms with Gasteiger partial charge in [-0.15, -0.1) is 0 Å². The Morgan fingerprint density at radius 3 is 2.94 bits per heavy atom. The highest BCUT2D eigenvalue weighted by molar-refractivity contribution is 5.81. The van der Waals surface area contributed by atoms with Crippen LogP contribution in [0.15, 0.2) is 30.5 Å². The van der Waals surface area contributed by atoms with Crippen molar-refractivity contribution in [1.29, 1.82) is 0 Å². The Morgan fingerprint density at radius 1 is 1.39 bits per heavy atom. The highest BCUT2D eigenvalue weighted by Crippen LogP contribution is 2.18. The van der Waals surface area contributed by atoms with Crippen LogP contribution in [-0.4, -0.2) is 17.0 Å². The van der Waals surface area contributed by atoms with E-state index in [4.69, 9.17) is 5.73 Å². The molecule has 0 bridgehead atoms. The summed E-state index contributed by atoms with van der Waals surface area (Å²) >= 11 is 0. The van der Waals surface area contributed by atoms with Gasteiger partial charge in [0.2, 0.25) is 5.91 Å². The average molecular weight is 245 g/mol. The third kappa shape index (κ3) is 2.90. The van der Waals surface area contributed by atoms with Crippen molar-refractivity contribution in [1.82, 2.24) is 9.88 Å². The molecule has 18 heavy (non-hydrogen) atoms. The van der Waals surface area contributed by atoms with Crippen LogP contribution in [0, 0.1) is 0 Å². The van der Waals surface area contributed by atoms with Crippen LogP contribution < -0.4 is 11.1 Å². The van der Waals surface area contributed by atoms with Gasteiger partial charge >= 0.3 is 0 Å². The first-order chi connectivity index (χ1) is 8.70. The maximum absolute atomic E-state index is 10.8. The molecule has 0 aliphatic heterocycles. The zero-order chi connectivity index (χ0) is 13.0. The van der Waals surface area contributed by atoms with Crippen LogP contribution in [0.4, 0.5) is 0 Å². The number of hydrogen-bond donors (Lipinski definition) is 2. The van der Waals surface area contributed by atoms with E-state index in [1.54, 1.807) is 0 Å². The molecule has 4 heteroatoms. The number of hydrogen-bond acceptors (Lipinski definition) is 2. The second-order valence-corrected chi connectivity index (χ2v) is 4.40. The topological polar surface area (TPSA) is 60.1 Å². The fourth-order valence-electron chi connectivity index (χ4n) is 2.03. The first kappa shape index (κ1) is 12.6. The molecular weight excluding hydrogens is 226 g/mol. The predicted octanol–water partition coefficient (Wildman–Crippen LogP) is 1.63. The third-order valence-corrected chi connectivity index (χ3v) is 3.02. The van der Waals surface area contributed by atoms with E-state index in [1.165, 1.54) is 10.9 Å². The van der Waals surface area contributed by atoms with Gasteiger partial charge < -0.3 is 15.6 Å². The molecule has 2 rings (SSSR count). The number of aromatic nitrogens is 1. The van der Waals surface area contributed by atoms with Crippen LogP contribution in [0.25, 0.3) is 10.9 Å². The first-order valence-electron chi connectivity index (χ1n) is 6.27. The minimum Gasteiger partial charge on any atom is -0.370 e. The highest BCUT2D eigenvalue weighted by Gasteiger charge is 2.03. The lowest BCUT2D eigenvalue weighted by Crippen LogP contribution is -2.13. The molecule has 0 saturated carbocycles. The molecule has 0 aliphatic rings. The summed E-state index contributed by atoms with van der Waals surface area (Å²) in [6.07, 6.45) is 2.38. The molecule has 0 spiro atoms. The largest absolute Gasteiger partial charge is 0.370 e. The van der Waals surface area contributed by atoms with Crippen molar-refractivity contribution in [2.75, 3.05) is 6.54 Å². The lowest BCUT2D eigenvalue weighted by molar-refractivity contribution is -0.118. The lowest BCUT2D eigenvalue weighted by Gasteiger charge is -2.06. The Kier molecular flexibility index (Phi) is 3.99. The van der Waals surface area contributed by atoms with Gasteiger partial charge in [0.1, 0.15) is 0 Å². The minimum atomic E-state index is -0.263. The number of primary amides is 1. The number of carbonyl (C=O) groups is 1. The molecule has 1 aromatic heterocycles. The summed E-state index contributed by atoms with van der Waals surface area (Å²) in [5.74, 6) is -0.263. The van der Waals surface area contributed by atoms with Crippen LogP contribution in [0.3, 0.4) is 0 Å². The van der Waals surface area contributed by atoms with Crippen molar-refractivity contribution in [2.45, 2.75) is 26.4 Å². The van der Waals surface area contributed by atoms with E-state index < -0.39 is 0 Å². The Labute approximate surface area is 107 Å². The number of nitrogens with one attached hydrogen (secondary N) is 1. The van der Waals surface area contributed by atoms with Gasteiger partial charge in [-0.05, 0) is 29.6 Å². The molecule has 0 atom stereocenters. The van der Waals surface area contributed by atoms with Crippen LogP contribution in [0.2, 0.25) is 0 Å². The number of aryl methyl sites for hydroxylation is 1. The Balaban J connectivity index is 2.22. The normalized spacial score (nSPS) is 10.9. The van der Waals surface area contributed by atoms with E-state index in [9.17, 15) is 4.79 Å². The number of fused-ring (bicyclic) bond motifs is 1. The summed E-state index contributed by atoms with van der Waals surface area (Å²) in [6, 6.07) is 8.47. The zero-order valence-electron chi connectivity index (χ0n) is 10.6. The molecular formula is C14H19N3O. The SMILES string of the molecule is CCNCc1ccc2ccn(CCC(N)=O)c2c1. The summed E-state index contributed by atoms with van der Waals surface area (Å²) in [5.41, 5.74) is 7.60. The summed E-state index contributed by atoms with van der Waals surface area (Å²) in [7, 11) is 0. The van der Waals surface area contributed by atoms with Gasteiger partial charge in [-0.1, -0.05) is 19.1 Å². The number of nitrogens with zero attached hydrogens (tertiary/aromatic N) is 1. The predicted molar refractivity (Wildman–Crippen MR) is 73.1 cm³/mol. The monoisotopic (exact) mass is 245 g/mol. The number of carbonyl (C=O) groups excluding carboxylic acids is 1. The summed E-state index contributed by atoms with van der Waals surface area (Å²) in [6.45, 7) is 4.56. The molecule has 4 nitrogen and oxygen atoms in total. The summed E-state index contributed by atoms with van der Waals surface area (Å²) in [4.78, 5) is 10.8. The Bertz CT molecular complexity index is 545. The molecule has 0 radical (unpaired) electrons. The number of benzene rings is 1. The van der Waals surface area contributed by atoms with Crippen LogP contribution in [0.1, 0.15) is 18.9 Å². The molecule has 2 aromatic rings. The summed E-state index contributed by atoms with van der Waals surface area (Å²) < 4.78 is 2.08. The smallest absolute Gasteiger partial charge is 0.219 e. The van der Waals surface area contributed by atoms with Gasteiger partial charge in [-0.25, -0.2) is 0 Å². The number of amides is 1. The van der Waals surface area contributed by atoms with Crippen molar-refractivity contribution in [2.24, 2.45) is 5.73 Å². The first-order valence-corrected chi connectivity index (χ1v) is 6.27. The van der Waals surface area contributed by atoms with E-state index in [2.05, 4.69) is 41.1 Å². The molecule has 1 heterocycles. The van der Waals surface area contributed by atoms with Crippen molar-refractivity contribution in [3.05, 3.63) is 36.0 Å². The Hall–Kier alpha value is -1.81. The van der Waals surface area contributed by atoms with Crippen LogP contribution in [0.5, 0.6) is 0 Å². The van der Waals surface area contributed by atoms with E-state index in [-0.39, 0.29) is 5.91 Å². The molecule has 1 amide bonds. The van der Waals surface area contributed by atoms with Gasteiger partial charge in [-0.3, -0.25) is 4.79 Å². The van der Waals surface area contributed by atoms with Gasteiger partial charge in [0.25, 0.3) is 0 Å². The van der Waals surface area contributed by atoms with Crippen molar-refractivity contribution in [3.8, 4) is 0 Å². The maximum Gasteiger partial charge on any atom is 0.219 e. The van der Waals surface area contributed by atoms with Gasteiger partial charge in [0.05, 0.1) is 0 Å². The maximum atomic E-state index is 10.8. The van der Waals surface area contributed by atoms with E-state index in [0.717, 1.165) is 18.6 Å². The molecule has 0 fully saturated rings. The molecule has 3 N–H and O–H groups in total. The fourth-order valence-corrected chi connectivity index (χ4v) is 2.03. The van der Waals surface area contributed by atoms with Gasteiger partial charge in [0.15, 0.2) is 0 Å².